The smallest absolute Gasteiger partial charge is 0.260 e. The van der Waals surface area contributed by atoms with Crippen LogP contribution in [-0.2, 0) is 19.5 Å². The average molecular weight is 406 g/mol. The number of nitrogens with one attached hydrogen (secondary N) is 1. The van der Waals surface area contributed by atoms with Gasteiger partial charge in [0.05, 0.1) is 30.3 Å². The number of rotatable bonds is 5. The summed E-state index contributed by atoms with van der Waals surface area (Å²) in [6.07, 6.45) is 4.93. The molecule has 5 rings (SSSR count). The fourth-order valence-corrected chi connectivity index (χ4v) is 4.14. The third-order valence-electron chi connectivity index (χ3n) is 5.79. The van der Waals surface area contributed by atoms with Gasteiger partial charge in [-0.25, -0.2) is 15.0 Å². The molecule has 0 spiro atoms. The molecule has 1 aliphatic carbocycles. The summed E-state index contributed by atoms with van der Waals surface area (Å²) in [6, 6.07) is 3.84. The maximum absolute atomic E-state index is 13.0. The zero-order valence-electron chi connectivity index (χ0n) is 17.6. The van der Waals surface area contributed by atoms with Crippen LogP contribution in [0.4, 0.5) is 5.95 Å². The van der Waals surface area contributed by atoms with Crippen molar-refractivity contribution < 1.29 is 4.74 Å². The number of hydrogen-bond acceptors (Lipinski definition) is 7. The summed E-state index contributed by atoms with van der Waals surface area (Å²) >= 11 is 0. The van der Waals surface area contributed by atoms with Gasteiger partial charge in [-0.15, -0.1) is 0 Å². The average Bonchev–Trinajstić information content (AvgIpc) is 3.57. The zero-order chi connectivity index (χ0) is 20.8. The molecule has 8 heteroatoms. The van der Waals surface area contributed by atoms with Crippen molar-refractivity contribution in [2.75, 3.05) is 32.6 Å². The number of aromatic nitrogens is 4. The van der Waals surface area contributed by atoms with Crippen LogP contribution >= 0.6 is 0 Å². The molecule has 0 unspecified atom stereocenters. The minimum atomic E-state index is -0.0806. The molecule has 0 amide bonds. The van der Waals surface area contributed by atoms with Crippen molar-refractivity contribution >= 4 is 16.9 Å². The zero-order valence-corrected chi connectivity index (χ0v) is 17.6. The first-order valence-electron chi connectivity index (χ1n) is 10.4. The second-order valence-electron chi connectivity index (χ2n) is 8.44. The molecule has 1 saturated carbocycles. The Morgan fingerprint density at radius 1 is 1.27 bits per heavy atom. The summed E-state index contributed by atoms with van der Waals surface area (Å²) in [5.41, 5.74) is 3.83. The lowest BCUT2D eigenvalue weighted by molar-refractivity contribution is 0.389. The maximum Gasteiger partial charge on any atom is 0.260 e. The first kappa shape index (κ1) is 19.0. The molecule has 0 saturated heterocycles. The molecule has 2 aliphatic rings. The molecule has 156 valence electrons. The van der Waals surface area contributed by atoms with Gasteiger partial charge in [0.15, 0.2) is 0 Å². The number of anilines is 1. The Morgan fingerprint density at radius 2 is 2.10 bits per heavy atom. The van der Waals surface area contributed by atoms with Crippen molar-refractivity contribution in [3.63, 3.8) is 0 Å². The molecular weight excluding hydrogens is 380 g/mol. The van der Waals surface area contributed by atoms with E-state index in [0.29, 0.717) is 29.3 Å². The van der Waals surface area contributed by atoms with Crippen LogP contribution in [0.3, 0.4) is 0 Å². The molecule has 1 fully saturated rings. The Bertz CT molecular complexity index is 1170. The predicted molar refractivity (Wildman–Crippen MR) is 115 cm³/mol. The summed E-state index contributed by atoms with van der Waals surface area (Å²) < 4.78 is 5.47. The van der Waals surface area contributed by atoms with Crippen LogP contribution in [0.1, 0.15) is 41.4 Å². The Kier molecular flexibility index (Phi) is 4.66. The fourth-order valence-electron chi connectivity index (χ4n) is 4.14. The van der Waals surface area contributed by atoms with Gasteiger partial charge in [-0.05, 0) is 44.5 Å². The van der Waals surface area contributed by atoms with Gasteiger partial charge in [-0.3, -0.25) is 9.78 Å². The fraction of sp³-hybridized carbons (Fsp3) is 0.455. The van der Waals surface area contributed by atoms with Crippen molar-refractivity contribution in [1.29, 1.82) is 0 Å². The van der Waals surface area contributed by atoms with Gasteiger partial charge in [-0.2, -0.15) is 0 Å². The van der Waals surface area contributed by atoms with Gasteiger partial charge in [0.2, 0.25) is 5.95 Å². The van der Waals surface area contributed by atoms with Crippen LogP contribution in [0.25, 0.3) is 10.9 Å². The summed E-state index contributed by atoms with van der Waals surface area (Å²) in [4.78, 5) is 34.2. The van der Waals surface area contributed by atoms with E-state index in [1.54, 1.807) is 7.11 Å². The Hall–Kier alpha value is -3.00. The number of H-pyrrole nitrogens is 1. The number of fused-ring (bicyclic) bond motifs is 2. The van der Waals surface area contributed by atoms with Crippen molar-refractivity contribution in [1.82, 2.24) is 24.8 Å². The van der Waals surface area contributed by atoms with Crippen molar-refractivity contribution in [2.45, 2.75) is 38.3 Å². The SMILES string of the molecule is COc1cc(C2CC2)c2c(=O)[nH]c(N3CCc4nc(CN(C)C)ncc4C3)nc2c1. The second-order valence-corrected chi connectivity index (χ2v) is 8.44. The normalized spacial score (nSPS) is 16.2. The van der Waals surface area contributed by atoms with Crippen molar-refractivity contribution in [2.24, 2.45) is 0 Å². The number of methoxy groups -OCH3 is 1. The largest absolute Gasteiger partial charge is 0.497 e. The first-order valence-corrected chi connectivity index (χ1v) is 10.4. The molecule has 1 aliphatic heterocycles. The van der Waals surface area contributed by atoms with E-state index in [1.165, 1.54) is 0 Å². The quantitative estimate of drug-likeness (QED) is 0.695. The molecular formula is C22H26N6O2. The van der Waals surface area contributed by atoms with E-state index in [2.05, 4.69) is 19.8 Å². The molecule has 3 heterocycles. The number of benzene rings is 1. The van der Waals surface area contributed by atoms with E-state index in [-0.39, 0.29) is 5.56 Å². The van der Waals surface area contributed by atoms with Gasteiger partial charge in [-0.1, -0.05) is 0 Å². The van der Waals surface area contributed by atoms with Crippen LogP contribution in [0.5, 0.6) is 5.75 Å². The third-order valence-corrected chi connectivity index (χ3v) is 5.79. The topological polar surface area (TPSA) is 87.2 Å². The third kappa shape index (κ3) is 3.52. The number of nitrogens with zero attached hydrogens (tertiary/aromatic N) is 5. The molecule has 0 atom stereocenters. The monoisotopic (exact) mass is 406 g/mol. The van der Waals surface area contributed by atoms with E-state index in [9.17, 15) is 4.79 Å². The van der Waals surface area contributed by atoms with E-state index < -0.39 is 0 Å². The van der Waals surface area contributed by atoms with Crippen molar-refractivity contribution in [3.8, 4) is 5.75 Å². The van der Waals surface area contributed by atoms with E-state index in [4.69, 9.17) is 14.7 Å². The highest BCUT2D eigenvalue weighted by molar-refractivity contribution is 5.85. The molecule has 3 aromatic rings. The Labute approximate surface area is 174 Å². The highest BCUT2D eigenvalue weighted by atomic mass is 16.5. The number of aromatic amines is 1. The van der Waals surface area contributed by atoms with E-state index in [1.807, 2.05) is 32.4 Å². The Balaban J connectivity index is 1.49. The highest BCUT2D eigenvalue weighted by Gasteiger charge is 2.28. The summed E-state index contributed by atoms with van der Waals surface area (Å²) in [7, 11) is 5.67. The second kappa shape index (κ2) is 7.36. The van der Waals surface area contributed by atoms with Crippen LogP contribution in [0.15, 0.2) is 23.1 Å². The van der Waals surface area contributed by atoms with Crippen LogP contribution in [0, 0.1) is 0 Å². The van der Waals surface area contributed by atoms with Gasteiger partial charge in [0.1, 0.15) is 11.6 Å². The van der Waals surface area contributed by atoms with Crippen LogP contribution in [0.2, 0.25) is 0 Å². The lowest BCUT2D eigenvalue weighted by atomic mass is 10.0. The lowest BCUT2D eigenvalue weighted by Crippen LogP contribution is -2.34. The predicted octanol–water partition coefficient (Wildman–Crippen LogP) is 2.22. The maximum atomic E-state index is 13.0. The molecule has 0 bridgehead atoms. The van der Waals surface area contributed by atoms with Gasteiger partial charge >= 0.3 is 0 Å². The van der Waals surface area contributed by atoms with E-state index in [0.717, 1.165) is 60.7 Å². The van der Waals surface area contributed by atoms with Gasteiger partial charge in [0.25, 0.3) is 5.56 Å². The Morgan fingerprint density at radius 3 is 2.83 bits per heavy atom. The minimum Gasteiger partial charge on any atom is -0.497 e. The summed E-state index contributed by atoms with van der Waals surface area (Å²) in [5.74, 6) is 2.61. The standard InChI is InChI=1S/C22H26N6O2/c1-27(2)12-19-23-10-14-11-28(7-6-17(14)24-19)22-25-18-9-15(30-3)8-16(13-4-5-13)20(18)21(29)26-22/h8-10,13H,4-7,11-12H2,1-3H3,(H,25,26,29). The van der Waals surface area contributed by atoms with Gasteiger partial charge in [0, 0.05) is 37.3 Å². The molecule has 1 aromatic carbocycles. The first-order chi connectivity index (χ1) is 14.5. The molecule has 2 aromatic heterocycles. The lowest BCUT2D eigenvalue weighted by Gasteiger charge is -2.29. The van der Waals surface area contributed by atoms with Crippen LogP contribution in [-0.4, -0.2) is 52.6 Å². The molecule has 1 N–H and O–H groups in total. The molecule has 30 heavy (non-hydrogen) atoms. The highest BCUT2D eigenvalue weighted by Crippen LogP contribution is 2.43. The van der Waals surface area contributed by atoms with E-state index >= 15 is 0 Å². The van der Waals surface area contributed by atoms with Crippen molar-refractivity contribution in [3.05, 3.63) is 51.3 Å². The summed E-state index contributed by atoms with van der Waals surface area (Å²) in [6.45, 7) is 2.10. The van der Waals surface area contributed by atoms with Crippen LogP contribution < -0.4 is 15.2 Å². The summed E-state index contributed by atoms with van der Waals surface area (Å²) in [5, 5.41) is 0.691. The minimum absolute atomic E-state index is 0.0806. The number of ether oxygens (including phenoxy) is 1. The number of hydrogen-bond donors (Lipinski definition) is 1. The van der Waals surface area contributed by atoms with Gasteiger partial charge < -0.3 is 14.5 Å². The molecule has 8 nitrogen and oxygen atoms in total. The molecule has 0 radical (unpaired) electrons.